The molecule has 1 aromatic heterocycles. The molecule has 6 nitrogen and oxygen atoms in total. The lowest BCUT2D eigenvalue weighted by Crippen LogP contribution is -2.37. The van der Waals surface area contributed by atoms with Crippen molar-refractivity contribution < 1.29 is 9.53 Å². The van der Waals surface area contributed by atoms with E-state index in [0.717, 1.165) is 49.3 Å². The molecule has 0 aliphatic carbocycles. The van der Waals surface area contributed by atoms with Crippen LogP contribution in [-0.2, 0) is 4.74 Å². The molecular weight excluding hydrogens is 316 g/mol. The van der Waals surface area contributed by atoms with E-state index in [9.17, 15) is 4.79 Å². The van der Waals surface area contributed by atoms with Crippen molar-refractivity contribution in [3.8, 4) is 0 Å². The Morgan fingerprint density at radius 2 is 1.96 bits per heavy atom. The number of imidazole rings is 1. The molecule has 0 amide bonds. The number of rotatable bonds is 1. The zero-order chi connectivity index (χ0) is 17.6. The summed E-state index contributed by atoms with van der Waals surface area (Å²) in [5, 5.41) is 3.63. The van der Waals surface area contributed by atoms with Gasteiger partial charge in [-0.15, -0.1) is 0 Å². The van der Waals surface area contributed by atoms with E-state index in [1.807, 2.05) is 45.0 Å². The topological polar surface area (TPSA) is 59.4 Å². The Morgan fingerprint density at radius 1 is 1.24 bits per heavy atom. The number of nitrogens with one attached hydrogen (secondary N) is 1. The number of hydrogen-bond acceptors (Lipinski definition) is 5. The van der Waals surface area contributed by atoms with E-state index in [2.05, 4.69) is 10.2 Å². The highest BCUT2D eigenvalue weighted by Crippen LogP contribution is 2.30. The van der Waals surface area contributed by atoms with Crippen LogP contribution >= 0.6 is 0 Å². The number of aromatic nitrogens is 2. The quantitative estimate of drug-likeness (QED) is 0.863. The van der Waals surface area contributed by atoms with Crippen molar-refractivity contribution in [2.24, 2.45) is 0 Å². The highest BCUT2D eigenvalue weighted by Gasteiger charge is 2.35. The molecule has 1 aromatic carbocycles. The zero-order valence-corrected chi connectivity index (χ0v) is 15.2. The van der Waals surface area contributed by atoms with Gasteiger partial charge < -0.3 is 10.1 Å². The number of nitrogens with zero attached hydrogens (tertiary/aromatic N) is 3. The van der Waals surface area contributed by atoms with Gasteiger partial charge in [0.2, 0.25) is 0 Å². The van der Waals surface area contributed by atoms with Crippen LogP contribution < -0.4 is 5.32 Å². The van der Waals surface area contributed by atoms with E-state index in [1.165, 1.54) is 0 Å². The second-order valence-electron chi connectivity index (χ2n) is 8.01. The zero-order valence-electron chi connectivity index (χ0n) is 15.2. The maximum atomic E-state index is 13.0. The van der Waals surface area contributed by atoms with Crippen LogP contribution in [-0.4, -0.2) is 51.8 Å². The molecule has 6 heteroatoms. The molecule has 2 aromatic rings. The predicted octanol–water partition coefficient (Wildman–Crippen LogP) is 2.93. The monoisotopic (exact) mass is 342 g/mol. The molecule has 5 rings (SSSR count). The Bertz CT molecular complexity index is 784. The molecule has 3 fully saturated rings. The second-order valence-corrected chi connectivity index (χ2v) is 8.01. The Hall–Kier alpha value is -1.92. The predicted molar refractivity (Wildman–Crippen MR) is 96.7 cm³/mol. The third kappa shape index (κ3) is 3.16. The Balaban J connectivity index is 1.80. The smallest absolute Gasteiger partial charge is 0.420 e. The molecule has 25 heavy (non-hydrogen) atoms. The molecule has 1 atom stereocenters. The van der Waals surface area contributed by atoms with E-state index in [4.69, 9.17) is 9.72 Å². The number of benzene rings is 1. The summed E-state index contributed by atoms with van der Waals surface area (Å²) < 4.78 is 7.35. The minimum absolute atomic E-state index is 0.0902. The molecule has 3 aliphatic heterocycles. The van der Waals surface area contributed by atoms with Crippen molar-refractivity contribution in [2.45, 2.75) is 51.3 Å². The summed E-state index contributed by atoms with van der Waals surface area (Å²) in [5.41, 5.74) is 1.11. The van der Waals surface area contributed by atoms with Gasteiger partial charge in [0.15, 0.2) is 0 Å². The van der Waals surface area contributed by atoms with Crippen LogP contribution in [0.1, 0.15) is 45.5 Å². The van der Waals surface area contributed by atoms with Crippen molar-refractivity contribution in [2.75, 3.05) is 19.6 Å². The number of carbonyl (C=O) groups is 1. The van der Waals surface area contributed by atoms with Crippen molar-refractivity contribution in [3.05, 3.63) is 30.1 Å². The second kappa shape index (κ2) is 6.11. The van der Waals surface area contributed by atoms with Gasteiger partial charge in [0.05, 0.1) is 17.1 Å². The number of fused-ring (bicyclic) bond motifs is 5. The number of hydrogen-bond donors (Lipinski definition) is 1. The maximum Gasteiger partial charge on any atom is 0.420 e. The number of para-hydroxylation sites is 2. The van der Waals surface area contributed by atoms with Crippen LogP contribution in [0.25, 0.3) is 11.0 Å². The lowest BCUT2D eigenvalue weighted by atomic mass is 10.1. The summed E-state index contributed by atoms with van der Waals surface area (Å²) in [7, 11) is 0. The summed E-state index contributed by atoms with van der Waals surface area (Å²) in [6, 6.07) is 8.46. The van der Waals surface area contributed by atoms with Gasteiger partial charge >= 0.3 is 6.09 Å². The summed E-state index contributed by atoms with van der Waals surface area (Å²) >= 11 is 0. The Morgan fingerprint density at radius 3 is 2.68 bits per heavy atom. The fraction of sp³-hybridized carbons (Fsp3) is 0.579. The first-order valence-electron chi connectivity index (χ1n) is 9.10. The molecule has 3 saturated heterocycles. The van der Waals surface area contributed by atoms with Gasteiger partial charge in [-0.3, -0.25) is 4.90 Å². The minimum Gasteiger partial charge on any atom is -0.443 e. The summed E-state index contributed by atoms with van der Waals surface area (Å²) in [6.45, 7) is 8.57. The van der Waals surface area contributed by atoms with Gasteiger partial charge in [0.1, 0.15) is 11.4 Å². The van der Waals surface area contributed by atoms with Gasteiger partial charge in [-0.05, 0) is 45.7 Å². The molecule has 0 spiro atoms. The summed E-state index contributed by atoms with van der Waals surface area (Å²) in [4.78, 5) is 20.2. The lowest BCUT2D eigenvalue weighted by Gasteiger charge is -2.31. The molecule has 134 valence electrons. The van der Waals surface area contributed by atoms with Crippen LogP contribution in [0, 0.1) is 0 Å². The average Bonchev–Trinajstić information content (AvgIpc) is 2.69. The molecule has 1 unspecified atom stereocenters. The number of piperidine rings is 1. The standard InChI is InChI=1S/C19H26N4O2/c1-19(2,3)25-18(24)23-15-7-5-4-6-14(15)21-17(23)16-12-20-13-8-10-22(16)11-9-13/h4-7,13,16,20H,8-12H2,1-3H3. The van der Waals surface area contributed by atoms with Crippen LogP contribution in [0.5, 0.6) is 0 Å². The molecule has 2 bridgehead atoms. The van der Waals surface area contributed by atoms with Gasteiger partial charge in [0.25, 0.3) is 0 Å². The molecule has 0 radical (unpaired) electrons. The largest absolute Gasteiger partial charge is 0.443 e. The van der Waals surface area contributed by atoms with E-state index < -0.39 is 5.60 Å². The Kier molecular flexibility index (Phi) is 4.04. The van der Waals surface area contributed by atoms with Gasteiger partial charge in [-0.2, -0.15) is 0 Å². The molecule has 3 aliphatic rings. The molecule has 0 saturated carbocycles. The third-order valence-corrected chi connectivity index (χ3v) is 5.03. The number of carbonyl (C=O) groups excluding carboxylic acids is 1. The van der Waals surface area contributed by atoms with Crippen LogP contribution in [0.4, 0.5) is 4.79 Å². The van der Waals surface area contributed by atoms with Crippen molar-refractivity contribution >= 4 is 17.1 Å². The summed E-state index contributed by atoms with van der Waals surface area (Å²) in [5.74, 6) is 0.783. The first kappa shape index (κ1) is 16.5. The highest BCUT2D eigenvalue weighted by molar-refractivity contribution is 5.87. The first-order valence-corrected chi connectivity index (χ1v) is 9.10. The van der Waals surface area contributed by atoms with E-state index in [-0.39, 0.29) is 12.1 Å². The number of ether oxygens (including phenoxy) is 1. The van der Waals surface area contributed by atoms with E-state index in [1.54, 1.807) is 4.57 Å². The van der Waals surface area contributed by atoms with Crippen molar-refractivity contribution in [1.29, 1.82) is 0 Å². The highest BCUT2D eigenvalue weighted by atomic mass is 16.6. The van der Waals surface area contributed by atoms with Crippen molar-refractivity contribution in [3.63, 3.8) is 0 Å². The van der Waals surface area contributed by atoms with Gasteiger partial charge in [-0.25, -0.2) is 14.3 Å². The van der Waals surface area contributed by atoms with Crippen LogP contribution in [0.2, 0.25) is 0 Å². The van der Waals surface area contributed by atoms with E-state index >= 15 is 0 Å². The normalized spacial score (nSPS) is 26.6. The fourth-order valence-electron chi connectivity index (χ4n) is 3.84. The third-order valence-electron chi connectivity index (χ3n) is 5.03. The summed E-state index contributed by atoms with van der Waals surface area (Å²) in [6.07, 6.45) is 1.96. The molecule has 1 N–H and O–H groups in total. The van der Waals surface area contributed by atoms with Crippen LogP contribution in [0.3, 0.4) is 0 Å². The fourth-order valence-corrected chi connectivity index (χ4v) is 3.84. The first-order chi connectivity index (χ1) is 11.9. The van der Waals surface area contributed by atoms with Crippen LogP contribution in [0.15, 0.2) is 24.3 Å². The maximum absolute atomic E-state index is 13.0. The van der Waals surface area contributed by atoms with Crippen molar-refractivity contribution in [1.82, 2.24) is 19.8 Å². The average molecular weight is 342 g/mol. The SMILES string of the molecule is CC(C)(C)OC(=O)n1c(C2CNC3CCN2CC3)nc2ccccc21. The lowest BCUT2D eigenvalue weighted by molar-refractivity contribution is 0.0528. The minimum atomic E-state index is -0.541. The van der Waals surface area contributed by atoms with Gasteiger partial charge in [0, 0.05) is 25.7 Å². The van der Waals surface area contributed by atoms with Gasteiger partial charge in [-0.1, -0.05) is 12.1 Å². The molecule has 4 heterocycles. The van der Waals surface area contributed by atoms with E-state index in [0.29, 0.717) is 6.04 Å². The molecular formula is C19H26N4O2. The Labute approximate surface area is 148 Å².